The summed E-state index contributed by atoms with van der Waals surface area (Å²) in [6, 6.07) is 13.9. The topological polar surface area (TPSA) is 43.8 Å². The zero-order valence-electron chi connectivity index (χ0n) is 14.7. The Kier molecular flexibility index (Phi) is 4.48. The molecule has 2 saturated heterocycles. The fourth-order valence-corrected chi connectivity index (χ4v) is 4.35. The van der Waals surface area contributed by atoms with Gasteiger partial charge in [-0.05, 0) is 55.6 Å². The van der Waals surface area contributed by atoms with E-state index in [9.17, 15) is 9.90 Å². The van der Waals surface area contributed by atoms with Crippen LogP contribution in [0.25, 0.3) is 10.8 Å². The molecule has 0 aromatic heterocycles. The summed E-state index contributed by atoms with van der Waals surface area (Å²) in [5.74, 6) is 0.0383. The van der Waals surface area contributed by atoms with Gasteiger partial charge < -0.3 is 14.9 Å². The summed E-state index contributed by atoms with van der Waals surface area (Å²) in [7, 11) is 0. The quantitative estimate of drug-likeness (QED) is 0.936. The third-order valence-electron chi connectivity index (χ3n) is 5.58. The van der Waals surface area contributed by atoms with Crippen LogP contribution in [0.15, 0.2) is 42.5 Å². The van der Waals surface area contributed by atoms with Crippen molar-refractivity contribution < 1.29 is 9.90 Å². The molecular formula is C21H26N2O2. The van der Waals surface area contributed by atoms with Crippen molar-refractivity contribution in [3.05, 3.63) is 48.0 Å². The van der Waals surface area contributed by atoms with Gasteiger partial charge in [-0.1, -0.05) is 36.4 Å². The summed E-state index contributed by atoms with van der Waals surface area (Å²) in [4.78, 5) is 17.3. The summed E-state index contributed by atoms with van der Waals surface area (Å²) in [6.45, 7) is 3.99. The van der Waals surface area contributed by atoms with Gasteiger partial charge in [0.05, 0.1) is 12.1 Å². The zero-order valence-corrected chi connectivity index (χ0v) is 14.7. The number of aliphatic hydroxyl groups is 1. The largest absolute Gasteiger partial charge is 0.387 e. The number of benzene rings is 2. The van der Waals surface area contributed by atoms with Crippen molar-refractivity contribution >= 4 is 16.7 Å². The van der Waals surface area contributed by atoms with E-state index in [1.807, 2.05) is 47.4 Å². The van der Waals surface area contributed by atoms with Crippen molar-refractivity contribution in [2.75, 3.05) is 32.7 Å². The Labute approximate surface area is 149 Å². The van der Waals surface area contributed by atoms with Crippen LogP contribution in [0.5, 0.6) is 0 Å². The first-order valence-corrected chi connectivity index (χ1v) is 9.36. The third-order valence-corrected chi connectivity index (χ3v) is 5.58. The monoisotopic (exact) mass is 338 g/mol. The molecule has 2 aromatic carbocycles. The Morgan fingerprint density at radius 2 is 1.76 bits per heavy atom. The Balaban J connectivity index is 1.55. The molecule has 1 N–H and O–H groups in total. The molecule has 2 aliphatic heterocycles. The number of amides is 1. The standard InChI is InChI=1S/C21H26N2O2/c24-20(19-10-5-8-17-7-1-2-9-18(17)19)23-14-6-11-21(25,16-23)15-22-12-3-4-13-22/h1-2,5,7-10,25H,3-4,6,11-16H2. The number of carbonyl (C=O) groups is 1. The van der Waals surface area contributed by atoms with Crippen molar-refractivity contribution in [2.24, 2.45) is 0 Å². The molecule has 0 radical (unpaired) electrons. The number of hydrogen-bond acceptors (Lipinski definition) is 3. The molecule has 1 amide bonds. The molecule has 0 saturated carbocycles. The van der Waals surface area contributed by atoms with E-state index in [2.05, 4.69) is 4.90 Å². The predicted octanol–water partition coefficient (Wildman–Crippen LogP) is 2.90. The Morgan fingerprint density at radius 1 is 1.00 bits per heavy atom. The highest BCUT2D eigenvalue weighted by Gasteiger charge is 2.37. The maximum absolute atomic E-state index is 13.1. The van der Waals surface area contributed by atoms with E-state index in [0.29, 0.717) is 13.1 Å². The number of carbonyl (C=O) groups excluding carboxylic acids is 1. The van der Waals surface area contributed by atoms with Crippen LogP contribution in [-0.2, 0) is 0 Å². The average molecular weight is 338 g/mol. The maximum Gasteiger partial charge on any atom is 0.254 e. The van der Waals surface area contributed by atoms with E-state index >= 15 is 0 Å². The molecule has 2 heterocycles. The minimum Gasteiger partial charge on any atom is -0.387 e. The average Bonchev–Trinajstić information content (AvgIpc) is 3.13. The Bertz CT molecular complexity index is 764. The molecule has 1 unspecified atom stereocenters. The molecule has 2 fully saturated rings. The number of β-amino-alcohol motifs (C(OH)–C–C–N with tert-alkyl or cyclic N) is 1. The molecule has 132 valence electrons. The van der Waals surface area contributed by atoms with Gasteiger partial charge in [-0.3, -0.25) is 4.79 Å². The van der Waals surface area contributed by atoms with E-state index in [-0.39, 0.29) is 5.91 Å². The van der Waals surface area contributed by atoms with E-state index in [0.717, 1.165) is 48.8 Å². The van der Waals surface area contributed by atoms with E-state index < -0.39 is 5.60 Å². The number of nitrogens with zero attached hydrogens (tertiary/aromatic N) is 2. The second kappa shape index (κ2) is 6.77. The zero-order chi connectivity index (χ0) is 17.3. The summed E-state index contributed by atoms with van der Waals surface area (Å²) in [6.07, 6.45) is 4.08. The molecule has 0 aliphatic carbocycles. The molecule has 4 rings (SSSR count). The molecular weight excluding hydrogens is 312 g/mol. The number of fused-ring (bicyclic) bond motifs is 1. The molecule has 1 atom stereocenters. The third kappa shape index (κ3) is 3.42. The lowest BCUT2D eigenvalue weighted by atomic mass is 9.91. The SMILES string of the molecule is O=C(c1cccc2ccccc12)N1CCCC(O)(CN2CCCC2)C1. The van der Waals surface area contributed by atoms with Gasteiger partial charge in [0.25, 0.3) is 5.91 Å². The van der Waals surface area contributed by atoms with Crippen LogP contribution in [-0.4, -0.2) is 59.1 Å². The minimum atomic E-state index is -0.775. The lowest BCUT2D eigenvalue weighted by Crippen LogP contribution is -2.55. The van der Waals surface area contributed by atoms with E-state index in [1.54, 1.807) is 0 Å². The highest BCUT2D eigenvalue weighted by atomic mass is 16.3. The smallest absolute Gasteiger partial charge is 0.254 e. The normalized spacial score (nSPS) is 24.8. The molecule has 25 heavy (non-hydrogen) atoms. The van der Waals surface area contributed by atoms with Gasteiger partial charge in [0.15, 0.2) is 0 Å². The summed E-state index contributed by atoms with van der Waals surface area (Å²) < 4.78 is 0. The lowest BCUT2D eigenvalue weighted by molar-refractivity contribution is -0.0430. The van der Waals surface area contributed by atoms with Crippen LogP contribution in [0.4, 0.5) is 0 Å². The first-order valence-electron chi connectivity index (χ1n) is 9.36. The van der Waals surface area contributed by atoms with E-state index in [1.165, 1.54) is 12.8 Å². The van der Waals surface area contributed by atoms with Gasteiger partial charge in [-0.25, -0.2) is 0 Å². The molecule has 0 bridgehead atoms. The van der Waals surface area contributed by atoms with Gasteiger partial charge in [-0.15, -0.1) is 0 Å². The first-order chi connectivity index (χ1) is 12.1. The second-order valence-corrected chi connectivity index (χ2v) is 7.56. The van der Waals surface area contributed by atoms with Gasteiger partial charge in [0.1, 0.15) is 0 Å². The summed E-state index contributed by atoms with van der Waals surface area (Å²) in [5, 5.41) is 13.1. The Hall–Kier alpha value is -1.91. The number of hydrogen-bond donors (Lipinski definition) is 1. The van der Waals surface area contributed by atoms with Crippen LogP contribution in [0.3, 0.4) is 0 Å². The molecule has 0 spiro atoms. The van der Waals surface area contributed by atoms with Gasteiger partial charge in [0, 0.05) is 18.7 Å². The minimum absolute atomic E-state index is 0.0383. The number of likely N-dealkylation sites (tertiary alicyclic amines) is 2. The highest BCUT2D eigenvalue weighted by Crippen LogP contribution is 2.27. The fraction of sp³-hybridized carbons (Fsp3) is 0.476. The number of rotatable bonds is 3. The first kappa shape index (κ1) is 16.6. The van der Waals surface area contributed by atoms with Crippen molar-refractivity contribution in [1.29, 1.82) is 0 Å². The van der Waals surface area contributed by atoms with Gasteiger partial charge >= 0.3 is 0 Å². The van der Waals surface area contributed by atoms with Crippen molar-refractivity contribution in [1.82, 2.24) is 9.80 Å². The lowest BCUT2D eigenvalue weighted by Gasteiger charge is -2.41. The van der Waals surface area contributed by atoms with Crippen LogP contribution in [0.2, 0.25) is 0 Å². The predicted molar refractivity (Wildman–Crippen MR) is 99.7 cm³/mol. The van der Waals surface area contributed by atoms with E-state index in [4.69, 9.17) is 0 Å². The summed E-state index contributed by atoms with van der Waals surface area (Å²) >= 11 is 0. The van der Waals surface area contributed by atoms with Crippen LogP contribution in [0, 0.1) is 0 Å². The summed E-state index contributed by atoms with van der Waals surface area (Å²) in [5.41, 5.74) is -0.0356. The Morgan fingerprint density at radius 3 is 2.60 bits per heavy atom. The highest BCUT2D eigenvalue weighted by molar-refractivity contribution is 6.07. The maximum atomic E-state index is 13.1. The van der Waals surface area contributed by atoms with Crippen LogP contribution >= 0.6 is 0 Å². The van der Waals surface area contributed by atoms with Crippen molar-refractivity contribution in [3.8, 4) is 0 Å². The molecule has 4 nitrogen and oxygen atoms in total. The van der Waals surface area contributed by atoms with Crippen LogP contribution < -0.4 is 0 Å². The molecule has 2 aromatic rings. The van der Waals surface area contributed by atoms with Crippen LogP contribution in [0.1, 0.15) is 36.0 Å². The molecule has 2 aliphatic rings. The fourth-order valence-electron chi connectivity index (χ4n) is 4.35. The number of piperidine rings is 1. The van der Waals surface area contributed by atoms with Gasteiger partial charge in [0.2, 0.25) is 0 Å². The van der Waals surface area contributed by atoms with Gasteiger partial charge in [-0.2, -0.15) is 0 Å². The van der Waals surface area contributed by atoms with Crippen molar-refractivity contribution in [3.63, 3.8) is 0 Å². The molecule has 4 heteroatoms. The second-order valence-electron chi connectivity index (χ2n) is 7.56. The van der Waals surface area contributed by atoms with Crippen molar-refractivity contribution in [2.45, 2.75) is 31.3 Å².